The van der Waals surface area contributed by atoms with E-state index in [1.54, 1.807) is 6.92 Å². The van der Waals surface area contributed by atoms with Crippen molar-refractivity contribution < 1.29 is 4.79 Å². The molecule has 0 radical (unpaired) electrons. The zero-order valence-electron chi connectivity index (χ0n) is 9.50. The number of ketones is 1. The van der Waals surface area contributed by atoms with Crippen LogP contribution in [-0.2, 0) is 0 Å². The molecule has 1 heterocycles. The molecule has 0 bridgehead atoms. The number of aliphatic imine (C=N–C) groups is 1. The molecule has 0 aliphatic carbocycles. The minimum atomic E-state index is 0.0828. The molecule has 0 saturated carbocycles. The molecule has 0 unspecified atom stereocenters. The Bertz CT molecular complexity index is 444. The van der Waals surface area contributed by atoms with E-state index in [1.807, 2.05) is 25.1 Å². The molecule has 0 atom stereocenters. The molecule has 4 heteroatoms. The SMILES string of the molecule is CC(=O)c1ccc(N=C2NCCN2)c(C)c1. The van der Waals surface area contributed by atoms with Crippen molar-refractivity contribution in [2.24, 2.45) is 4.99 Å². The Morgan fingerprint density at radius 2 is 2.00 bits per heavy atom. The maximum Gasteiger partial charge on any atom is 0.196 e. The molecule has 2 N–H and O–H groups in total. The molecule has 2 rings (SSSR count). The summed E-state index contributed by atoms with van der Waals surface area (Å²) in [5.74, 6) is 0.887. The van der Waals surface area contributed by atoms with E-state index in [9.17, 15) is 4.79 Å². The van der Waals surface area contributed by atoms with Crippen LogP contribution in [0.1, 0.15) is 22.8 Å². The Hall–Kier alpha value is -1.84. The van der Waals surface area contributed by atoms with E-state index in [-0.39, 0.29) is 5.78 Å². The van der Waals surface area contributed by atoms with Gasteiger partial charge in [0.05, 0.1) is 5.69 Å². The van der Waals surface area contributed by atoms with Crippen molar-refractivity contribution in [2.75, 3.05) is 13.1 Å². The predicted octanol–water partition coefficient (Wildman–Crippen LogP) is 1.38. The Morgan fingerprint density at radius 1 is 1.31 bits per heavy atom. The maximum absolute atomic E-state index is 11.2. The molecule has 1 aliphatic heterocycles. The number of nitrogens with zero attached hydrogens (tertiary/aromatic N) is 1. The van der Waals surface area contributed by atoms with Crippen LogP contribution in [0.3, 0.4) is 0 Å². The Labute approximate surface area is 94.8 Å². The van der Waals surface area contributed by atoms with Gasteiger partial charge in [0.1, 0.15) is 0 Å². The van der Waals surface area contributed by atoms with Gasteiger partial charge in [0.25, 0.3) is 0 Å². The van der Waals surface area contributed by atoms with E-state index in [0.29, 0.717) is 0 Å². The largest absolute Gasteiger partial charge is 0.354 e. The molecule has 16 heavy (non-hydrogen) atoms. The molecular weight excluding hydrogens is 202 g/mol. The lowest BCUT2D eigenvalue weighted by Crippen LogP contribution is -2.23. The molecule has 1 aromatic carbocycles. The number of hydrogen-bond acceptors (Lipinski definition) is 2. The zero-order chi connectivity index (χ0) is 11.5. The number of hydrogen-bond donors (Lipinski definition) is 2. The molecule has 1 aliphatic rings. The quantitative estimate of drug-likeness (QED) is 0.736. The highest BCUT2D eigenvalue weighted by Gasteiger charge is 2.07. The van der Waals surface area contributed by atoms with Crippen LogP contribution >= 0.6 is 0 Å². The van der Waals surface area contributed by atoms with Gasteiger partial charge in [-0.15, -0.1) is 0 Å². The van der Waals surface area contributed by atoms with Crippen LogP contribution in [0.2, 0.25) is 0 Å². The fourth-order valence-corrected chi connectivity index (χ4v) is 1.62. The summed E-state index contributed by atoms with van der Waals surface area (Å²) < 4.78 is 0. The third-order valence-corrected chi connectivity index (χ3v) is 2.55. The van der Waals surface area contributed by atoms with Crippen molar-refractivity contribution >= 4 is 17.4 Å². The third-order valence-electron chi connectivity index (χ3n) is 2.55. The lowest BCUT2D eigenvalue weighted by molar-refractivity contribution is 0.101. The number of guanidine groups is 1. The fourth-order valence-electron chi connectivity index (χ4n) is 1.62. The van der Waals surface area contributed by atoms with Gasteiger partial charge in [-0.25, -0.2) is 4.99 Å². The molecule has 1 aromatic rings. The van der Waals surface area contributed by atoms with Gasteiger partial charge in [0.15, 0.2) is 11.7 Å². The molecule has 84 valence electrons. The first kappa shape index (κ1) is 10.7. The summed E-state index contributed by atoms with van der Waals surface area (Å²) in [6.45, 7) is 5.34. The maximum atomic E-state index is 11.2. The molecule has 0 aromatic heterocycles. The van der Waals surface area contributed by atoms with Gasteiger partial charge in [0.2, 0.25) is 0 Å². The van der Waals surface area contributed by atoms with Gasteiger partial charge in [-0.2, -0.15) is 0 Å². The van der Waals surface area contributed by atoms with Gasteiger partial charge in [0, 0.05) is 18.7 Å². The minimum Gasteiger partial charge on any atom is -0.354 e. The number of nitrogens with one attached hydrogen (secondary N) is 2. The summed E-state index contributed by atoms with van der Waals surface area (Å²) in [6, 6.07) is 5.56. The van der Waals surface area contributed by atoms with Crippen molar-refractivity contribution in [3.63, 3.8) is 0 Å². The molecule has 4 nitrogen and oxygen atoms in total. The number of rotatable bonds is 2. The zero-order valence-corrected chi connectivity index (χ0v) is 9.50. The van der Waals surface area contributed by atoms with Crippen LogP contribution in [0.5, 0.6) is 0 Å². The average Bonchev–Trinajstić information content (AvgIpc) is 2.73. The van der Waals surface area contributed by atoms with Crippen molar-refractivity contribution in [2.45, 2.75) is 13.8 Å². The first-order valence-electron chi connectivity index (χ1n) is 5.35. The van der Waals surface area contributed by atoms with Gasteiger partial charge < -0.3 is 10.6 Å². The summed E-state index contributed by atoms with van der Waals surface area (Å²) in [6.07, 6.45) is 0. The second kappa shape index (κ2) is 4.35. The van der Waals surface area contributed by atoms with Crippen LogP contribution in [0, 0.1) is 6.92 Å². The number of carbonyl (C=O) groups is 1. The smallest absolute Gasteiger partial charge is 0.196 e. The molecule has 0 spiro atoms. The Balaban J connectivity index is 2.29. The highest BCUT2D eigenvalue weighted by Crippen LogP contribution is 2.20. The van der Waals surface area contributed by atoms with Gasteiger partial charge in [-0.3, -0.25) is 4.79 Å². The van der Waals surface area contributed by atoms with Crippen molar-refractivity contribution in [1.29, 1.82) is 0 Å². The monoisotopic (exact) mass is 217 g/mol. The van der Waals surface area contributed by atoms with Crippen molar-refractivity contribution in [1.82, 2.24) is 10.6 Å². The standard InChI is InChI=1S/C12H15N3O/c1-8-7-10(9(2)16)3-4-11(8)15-12-13-5-6-14-12/h3-4,7H,5-6H2,1-2H3,(H2,13,14,15). The first-order chi connectivity index (χ1) is 7.66. The molecule has 0 amide bonds. The van der Waals surface area contributed by atoms with E-state index >= 15 is 0 Å². The summed E-state index contributed by atoms with van der Waals surface area (Å²) in [4.78, 5) is 15.6. The number of aryl methyl sites for hydroxylation is 1. The summed E-state index contributed by atoms with van der Waals surface area (Å²) in [5, 5.41) is 6.28. The van der Waals surface area contributed by atoms with Crippen LogP contribution in [0.25, 0.3) is 0 Å². The van der Waals surface area contributed by atoms with Gasteiger partial charge in [-0.1, -0.05) is 0 Å². The van der Waals surface area contributed by atoms with E-state index in [0.717, 1.165) is 35.9 Å². The van der Waals surface area contributed by atoms with Crippen LogP contribution in [0.15, 0.2) is 23.2 Å². The van der Waals surface area contributed by atoms with E-state index in [1.165, 1.54) is 0 Å². The highest BCUT2D eigenvalue weighted by molar-refractivity contribution is 5.95. The van der Waals surface area contributed by atoms with Crippen molar-refractivity contribution in [3.8, 4) is 0 Å². The second-order valence-corrected chi connectivity index (χ2v) is 3.87. The van der Waals surface area contributed by atoms with Crippen LogP contribution in [0.4, 0.5) is 5.69 Å². The number of Topliss-reactive ketones (excluding diaryl/α,β-unsaturated/α-hetero) is 1. The molecule has 1 fully saturated rings. The fraction of sp³-hybridized carbons (Fsp3) is 0.333. The van der Waals surface area contributed by atoms with E-state index in [4.69, 9.17) is 0 Å². The summed E-state index contributed by atoms with van der Waals surface area (Å²) in [5.41, 5.74) is 2.63. The summed E-state index contributed by atoms with van der Waals surface area (Å²) >= 11 is 0. The normalized spacial score (nSPS) is 14.2. The van der Waals surface area contributed by atoms with E-state index in [2.05, 4.69) is 15.6 Å². The topological polar surface area (TPSA) is 53.5 Å². The third kappa shape index (κ3) is 2.21. The molecule has 1 saturated heterocycles. The van der Waals surface area contributed by atoms with Gasteiger partial charge in [-0.05, 0) is 37.6 Å². The Morgan fingerprint density at radius 3 is 2.56 bits per heavy atom. The lowest BCUT2D eigenvalue weighted by Gasteiger charge is -2.04. The van der Waals surface area contributed by atoms with Crippen molar-refractivity contribution in [3.05, 3.63) is 29.3 Å². The predicted molar refractivity (Wildman–Crippen MR) is 64.3 cm³/mol. The number of carbonyl (C=O) groups excluding carboxylic acids is 1. The Kier molecular flexibility index (Phi) is 2.90. The minimum absolute atomic E-state index is 0.0828. The van der Waals surface area contributed by atoms with Gasteiger partial charge >= 0.3 is 0 Å². The number of benzene rings is 1. The average molecular weight is 217 g/mol. The second-order valence-electron chi connectivity index (χ2n) is 3.87. The van der Waals surface area contributed by atoms with E-state index < -0.39 is 0 Å². The highest BCUT2D eigenvalue weighted by atomic mass is 16.1. The lowest BCUT2D eigenvalue weighted by atomic mass is 10.1. The first-order valence-corrected chi connectivity index (χ1v) is 5.35. The molecular formula is C12H15N3O. The summed E-state index contributed by atoms with van der Waals surface area (Å²) in [7, 11) is 0. The van der Waals surface area contributed by atoms with Crippen LogP contribution in [-0.4, -0.2) is 24.8 Å². The van der Waals surface area contributed by atoms with Crippen LogP contribution < -0.4 is 10.6 Å².